The molecule has 0 bridgehead atoms. The van der Waals surface area contributed by atoms with Crippen LogP contribution in [0.15, 0.2) is 48.5 Å². The van der Waals surface area contributed by atoms with E-state index in [2.05, 4.69) is 31.2 Å². The van der Waals surface area contributed by atoms with Gasteiger partial charge in [0.1, 0.15) is 5.75 Å². The van der Waals surface area contributed by atoms with E-state index in [1.165, 1.54) is 19.4 Å². The van der Waals surface area contributed by atoms with E-state index in [0.717, 1.165) is 17.5 Å². The van der Waals surface area contributed by atoms with Crippen molar-refractivity contribution in [1.82, 2.24) is 0 Å². The molecule has 0 amide bonds. The number of hydrogen-bond donors (Lipinski definition) is 1. The van der Waals surface area contributed by atoms with E-state index >= 15 is 0 Å². The molecule has 0 heterocycles. The van der Waals surface area contributed by atoms with Crippen LogP contribution in [-0.2, 0) is 11.2 Å². The Morgan fingerprint density at radius 3 is 1.90 bits per heavy atom. The van der Waals surface area contributed by atoms with Gasteiger partial charge in [0.15, 0.2) is 5.60 Å². The second-order valence-corrected chi connectivity index (χ2v) is 5.49. The molecular weight excluding hydrogens is 264 g/mol. The molecule has 0 spiro atoms. The minimum Gasteiger partial charge on any atom is -0.478 e. The molecular formula is C18H20O3. The maximum atomic E-state index is 11.0. The van der Waals surface area contributed by atoms with Crippen molar-refractivity contribution in [3.8, 4) is 16.9 Å². The van der Waals surface area contributed by atoms with Crippen molar-refractivity contribution >= 4 is 5.97 Å². The first-order valence-electron chi connectivity index (χ1n) is 7.04. The second kappa shape index (κ2) is 6.00. The van der Waals surface area contributed by atoms with E-state index < -0.39 is 11.6 Å². The van der Waals surface area contributed by atoms with Crippen molar-refractivity contribution in [1.29, 1.82) is 0 Å². The van der Waals surface area contributed by atoms with Crippen LogP contribution in [0.25, 0.3) is 11.1 Å². The van der Waals surface area contributed by atoms with Gasteiger partial charge in [-0.1, -0.05) is 43.3 Å². The minimum atomic E-state index is -1.23. The molecule has 2 aromatic carbocycles. The molecule has 0 saturated heterocycles. The monoisotopic (exact) mass is 284 g/mol. The van der Waals surface area contributed by atoms with Gasteiger partial charge in [0.2, 0.25) is 0 Å². The van der Waals surface area contributed by atoms with Gasteiger partial charge in [-0.2, -0.15) is 0 Å². The standard InChI is InChI=1S/C18H20O3/c1-4-13-5-7-14(8-6-13)15-9-11-16(12-10-15)21-18(2,3)17(19)20/h5-12H,4H2,1-3H3,(H,19,20). The van der Waals surface area contributed by atoms with Gasteiger partial charge in [0, 0.05) is 0 Å². The highest BCUT2D eigenvalue weighted by molar-refractivity contribution is 5.76. The summed E-state index contributed by atoms with van der Waals surface area (Å²) in [5.74, 6) is -0.432. The first-order chi connectivity index (χ1) is 9.92. The van der Waals surface area contributed by atoms with Crippen LogP contribution in [0.5, 0.6) is 5.75 Å². The number of carboxylic acid groups (broad SMARTS) is 1. The molecule has 0 aliphatic rings. The lowest BCUT2D eigenvalue weighted by Crippen LogP contribution is -2.37. The van der Waals surface area contributed by atoms with E-state index in [-0.39, 0.29) is 0 Å². The summed E-state index contributed by atoms with van der Waals surface area (Å²) in [6.07, 6.45) is 1.03. The quantitative estimate of drug-likeness (QED) is 0.896. The molecule has 2 aromatic rings. The Hall–Kier alpha value is -2.29. The fourth-order valence-electron chi connectivity index (χ4n) is 1.99. The smallest absolute Gasteiger partial charge is 0.347 e. The van der Waals surface area contributed by atoms with E-state index in [4.69, 9.17) is 9.84 Å². The van der Waals surface area contributed by atoms with E-state index in [0.29, 0.717) is 5.75 Å². The van der Waals surface area contributed by atoms with Crippen molar-refractivity contribution in [3.05, 3.63) is 54.1 Å². The highest BCUT2D eigenvalue weighted by Gasteiger charge is 2.29. The third-order valence-electron chi connectivity index (χ3n) is 3.44. The molecule has 0 unspecified atom stereocenters. The number of hydrogen-bond acceptors (Lipinski definition) is 2. The van der Waals surface area contributed by atoms with Crippen molar-refractivity contribution < 1.29 is 14.6 Å². The Balaban J connectivity index is 2.16. The molecule has 3 nitrogen and oxygen atoms in total. The summed E-state index contributed by atoms with van der Waals surface area (Å²) in [5, 5.41) is 9.06. The van der Waals surface area contributed by atoms with Crippen LogP contribution in [0.2, 0.25) is 0 Å². The third-order valence-corrected chi connectivity index (χ3v) is 3.44. The first-order valence-corrected chi connectivity index (χ1v) is 7.04. The predicted molar refractivity (Wildman–Crippen MR) is 83.6 cm³/mol. The van der Waals surface area contributed by atoms with E-state index in [9.17, 15) is 4.79 Å². The molecule has 3 heteroatoms. The normalized spacial score (nSPS) is 11.2. The van der Waals surface area contributed by atoms with Crippen LogP contribution in [0, 0.1) is 0 Å². The Morgan fingerprint density at radius 1 is 1.00 bits per heavy atom. The maximum Gasteiger partial charge on any atom is 0.347 e. The topological polar surface area (TPSA) is 46.5 Å². The van der Waals surface area contributed by atoms with Gasteiger partial charge in [0.25, 0.3) is 0 Å². The zero-order valence-electron chi connectivity index (χ0n) is 12.6. The molecule has 0 aromatic heterocycles. The van der Waals surface area contributed by atoms with Gasteiger partial charge < -0.3 is 9.84 Å². The zero-order valence-corrected chi connectivity index (χ0v) is 12.6. The number of aliphatic carboxylic acids is 1. The van der Waals surface area contributed by atoms with Crippen molar-refractivity contribution in [3.63, 3.8) is 0 Å². The molecule has 0 saturated carbocycles. The van der Waals surface area contributed by atoms with E-state index in [1.54, 1.807) is 12.1 Å². The second-order valence-electron chi connectivity index (χ2n) is 5.49. The predicted octanol–water partition coefficient (Wildman–Crippen LogP) is 4.16. The summed E-state index contributed by atoms with van der Waals surface area (Å²) in [4.78, 5) is 11.0. The number of carbonyl (C=O) groups is 1. The Kier molecular flexibility index (Phi) is 4.32. The number of aryl methyl sites for hydroxylation is 1. The Labute approximate surface area is 125 Å². The number of carboxylic acids is 1. The molecule has 21 heavy (non-hydrogen) atoms. The highest BCUT2D eigenvalue weighted by atomic mass is 16.5. The van der Waals surface area contributed by atoms with Crippen molar-refractivity contribution in [2.75, 3.05) is 0 Å². The lowest BCUT2D eigenvalue weighted by molar-refractivity contribution is -0.152. The first kappa shape index (κ1) is 15.1. The maximum absolute atomic E-state index is 11.0. The number of ether oxygens (including phenoxy) is 1. The minimum absolute atomic E-state index is 0.552. The van der Waals surface area contributed by atoms with Crippen LogP contribution in [0.1, 0.15) is 26.3 Å². The third kappa shape index (κ3) is 3.63. The van der Waals surface area contributed by atoms with Gasteiger partial charge in [-0.05, 0) is 49.1 Å². The van der Waals surface area contributed by atoms with Crippen LogP contribution in [0.3, 0.4) is 0 Å². The molecule has 0 aliphatic carbocycles. The lowest BCUT2D eigenvalue weighted by Gasteiger charge is -2.21. The zero-order chi connectivity index (χ0) is 15.5. The average molecular weight is 284 g/mol. The van der Waals surface area contributed by atoms with Crippen molar-refractivity contribution in [2.45, 2.75) is 32.8 Å². The van der Waals surface area contributed by atoms with Gasteiger partial charge in [-0.25, -0.2) is 4.79 Å². The largest absolute Gasteiger partial charge is 0.478 e. The van der Waals surface area contributed by atoms with Gasteiger partial charge in [-0.3, -0.25) is 0 Å². The summed E-state index contributed by atoms with van der Waals surface area (Å²) in [6.45, 7) is 5.20. The fraction of sp³-hybridized carbons (Fsp3) is 0.278. The van der Waals surface area contributed by atoms with Crippen LogP contribution in [-0.4, -0.2) is 16.7 Å². The fourth-order valence-corrected chi connectivity index (χ4v) is 1.99. The van der Waals surface area contributed by atoms with Gasteiger partial charge >= 0.3 is 5.97 Å². The van der Waals surface area contributed by atoms with Crippen LogP contribution >= 0.6 is 0 Å². The molecule has 0 fully saturated rings. The van der Waals surface area contributed by atoms with Crippen molar-refractivity contribution in [2.24, 2.45) is 0 Å². The molecule has 0 atom stereocenters. The van der Waals surface area contributed by atoms with Crippen LogP contribution in [0.4, 0.5) is 0 Å². The summed E-state index contributed by atoms with van der Waals surface area (Å²) >= 11 is 0. The van der Waals surface area contributed by atoms with E-state index in [1.807, 2.05) is 12.1 Å². The number of benzene rings is 2. The average Bonchev–Trinajstić information content (AvgIpc) is 2.48. The van der Waals surface area contributed by atoms with Gasteiger partial charge in [-0.15, -0.1) is 0 Å². The van der Waals surface area contributed by atoms with Crippen LogP contribution < -0.4 is 4.74 Å². The molecule has 1 N–H and O–H groups in total. The molecule has 2 rings (SSSR count). The summed E-state index contributed by atoms with van der Waals surface area (Å²) in [5.41, 5.74) is 2.29. The molecule has 110 valence electrons. The molecule has 0 radical (unpaired) electrons. The number of rotatable bonds is 5. The Morgan fingerprint density at radius 2 is 1.48 bits per heavy atom. The summed E-state index contributed by atoms with van der Waals surface area (Å²) in [6, 6.07) is 15.9. The van der Waals surface area contributed by atoms with Gasteiger partial charge in [0.05, 0.1) is 0 Å². The lowest BCUT2D eigenvalue weighted by atomic mass is 10.0. The summed E-state index contributed by atoms with van der Waals surface area (Å²) in [7, 11) is 0. The summed E-state index contributed by atoms with van der Waals surface area (Å²) < 4.78 is 5.49. The SMILES string of the molecule is CCc1ccc(-c2ccc(OC(C)(C)C(=O)O)cc2)cc1. The highest BCUT2D eigenvalue weighted by Crippen LogP contribution is 2.25. The Bertz CT molecular complexity index is 610. The molecule has 0 aliphatic heterocycles.